The van der Waals surface area contributed by atoms with Crippen molar-refractivity contribution >= 4 is 17.5 Å². The number of hydrogen-bond acceptors (Lipinski definition) is 2. The van der Waals surface area contributed by atoms with Gasteiger partial charge in [0.25, 0.3) is 5.91 Å². The Morgan fingerprint density at radius 2 is 1.79 bits per heavy atom. The first-order valence-corrected chi connectivity index (χ1v) is 5.88. The van der Waals surface area contributed by atoms with Crippen molar-refractivity contribution in [2.24, 2.45) is 5.73 Å². The molecule has 98 valence electrons. The normalized spacial score (nSPS) is 13.8. The van der Waals surface area contributed by atoms with E-state index in [2.05, 4.69) is 0 Å². The predicted molar refractivity (Wildman–Crippen MR) is 70.0 cm³/mol. The molecule has 3 nitrogen and oxygen atoms in total. The Morgan fingerprint density at radius 3 is 2.32 bits per heavy atom. The van der Waals surface area contributed by atoms with E-state index in [0.717, 1.165) is 6.07 Å². The van der Waals surface area contributed by atoms with Crippen LogP contribution in [0.5, 0.6) is 0 Å². The molecular weight excluding hydrogens is 269 g/mol. The lowest BCUT2D eigenvalue weighted by Crippen LogP contribution is -2.43. The summed E-state index contributed by atoms with van der Waals surface area (Å²) < 4.78 is 13.9. The monoisotopic (exact) mass is 279 g/mol. The highest BCUT2D eigenvalue weighted by Crippen LogP contribution is 2.35. The van der Waals surface area contributed by atoms with Crippen LogP contribution < -0.4 is 5.73 Å². The molecule has 0 saturated heterocycles. The van der Waals surface area contributed by atoms with Crippen LogP contribution in [0.3, 0.4) is 0 Å². The van der Waals surface area contributed by atoms with E-state index in [1.54, 1.807) is 18.2 Å². The molecule has 0 heterocycles. The number of amides is 1. The van der Waals surface area contributed by atoms with E-state index in [1.165, 1.54) is 24.3 Å². The van der Waals surface area contributed by atoms with Crippen molar-refractivity contribution in [3.05, 3.63) is 70.5 Å². The zero-order valence-corrected chi connectivity index (χ0v) is 10.6. The zero-order chi connectivity index (χ0) is 14.0. The van der Waals surface area contributed by atoms with Crippen LogP contribution in [0, 0.1) is 5.82 Å². The fraction of sp³-hybridized carbons (Fsp3) is 0.0714. The summed E-state index contributed by atoms with van der Waals surface area (Å²) in [6.07, 6.45) is 0. The number of carbonyl (C=O) groups is 1. The highest BCUT2D eigenvalue weighted by atomic mass is 35.5. The standard InChI is InChI=1S/C14H11ClFNO2/c15-10-7-4-8-11(16)12(10)14(19,13(17)18)9-5-2-1-3-6-9/h1-8,19H,(H2,17,18). The molecule has 1 amide bonds. The highest BCUT2D eigenvalue weighted by molar-refractivity contribution is 6.31. The fourth-order valence-electron chi connectivity index (χ4n) is 1.93. The lowest BCUT2D eigenvalue weighted by atomic mass is 9.85. The molecule has 0 aromatic heterocycles. The summed E-state index contributed by atoms with van der Waals surface area (Å²) in [5, 5.41) is 10.5. The lowest BCUT2D eigenvalue weighted by molar-refractivity contribution is -0.133. The molecule has 0 fully saturated rings. The third kappa shape index (κ3) is 2.20. The van der Waals surface area contributed by atoms with Gasteiger partial charge in [0.15, 0.2) is 5.60 Å². The number of primary amides is 1. The van der Waals surface area contributed by atoms with Gasteiger partial charge >= 0.3 is 0 Å². The van der Waals surface area contributed by atoms with Crippen LogP contribution in [0.1, 0.15) is 11.1 Å². The van der Waals surface area contributed by atoms with Crippen LogP contribution in [-0.4, -0.2) is 11.0 Å². The van der Waals surface area contributed by atoms with E-state index in [-0.39, 0.29) is 16.1 Å². The number of benzene rings is 2. The maximum absolute atomic E-state index is 13.9. The van der Waals surface area contributed by atoms with Gasteiger partial charge in [-0.3, -0.25) is 4.79 Å². The number of aliphatic hydroxyl groups is 1. The first-order chi connectivity index (χ1) is 8.98. The van der Waals surface area contributed by atoms with Gasteiger partial charge in [0.05, 0.1) is 10.6 Å². The molecule has 0 radical (unpaired) electrons. The second-order valence-electron chi connectivity index (χ2n) is 4.04. The summed E-state index contributed by atoms with van der Waals surface area (Å²) in [6.45, 7) is 0. The molecule has 2 rings (SSSR count). The van der Waals surface area contributed by atoms with E-state index in [0.29, 0.717) is 0 Å². The van der Waals surface area contributed by atoms with Gasteiger partial charge in [0.1, 0.15) is 5.82 Å². The summed E-state index contributed by atoms with van der Waals surface area (Å²) in [5.41, 5.74) is 2.78. The average molecular weight is 280 g/mol. The van der Waals surface area contributed by atoms with Crippen molar-refractivity contribution in [2.75, 3.05) is 0 Å². The number of halogens is 2. The van der Waals surface area contributed by atoms with Crippen molar-refractivity contribution in [1.82, 2.24) is 0 Å². The average Bonchev–Trinajstić information content (AvgIpc) is 2.39. The molecule has 0 saturated carbocycles. The Hall–Kier alpha value is -1.91. The topological polar surface area (TPSA) is 63.3 Å². The fourth-order valence-corrected chi connectivity index (χ4v) is 2.23. The Kier molecular flexibility index (Phi) is 3.55. The quantitative estimate of drug-likeness (QED) is 0.905. The van der Waals surface area contributed by atoms with Crippen molar-refractivity contribution in [1.29, 1.82) is 0 Å². The maximum atomic E-state index is 13.9. The number of carbonyl (C=O) groups excluding carboxylic acids is 1. The molecule has 0 aliphatic carbocycles. The molecule has 0 spiro atoms. The minimum atomic E-state index is -2.30. The molecule has 2 aromatic rings. The summed E-state index contributed by atoms with van der Waals surface area (Å²) in [5.74, 6) is -1.89. The minimum Gasteiger partial charge on any atom is -0.372 e. The van der Waals surface area contributed by atoms with Crippen LogP contribution in [0.25, 0.3) is 0 Å². The first-order valence-electron chi connectivity index (χ1n) is 5.50. The molecule has 0 aliphatic rings. The van der Waals surface area contributed by atoms with E-state index >= 15 is 0 Å². The zero-order valence-electron chi connectivity index (χ0n) is 9.81. The van der Waals surface area contributed by atoms with Crippen molar-refractivity contribution in [2.45, 2.75) is 5.60 Å². The molecule has 2 aromatic carbocycles. The molecule has 5 heteroatoms. The van der Waals surface area contributed by atoms with E-state index in [4.69, 9.17) is 17.3 Å². The predicted octanol–water partition coefficient (Wildman–Crippen LogP) is 2.20. The summed E-state index contributed by atoms with van der Waals surface area (Å²) in [4.78, 5) is 11.7. The Morgan fingerprint density at radius 1 is 1.16 bits per heavy atom. The van der Waals surface area contributed by atoms with Crippen molar-refractivity contribution < 1.29 is 14.3 Å². The Balaban J connectivity index is 2.75. The molecule has 0 aliphatic heterocycles. The van der Waals surface area contributed by atoms with Crippen LogP contribution in [0.4, 0.5) is 4.39 Å². The third-order valence-electron chi connectivity index (χ3n) is 2.87. The second-order valence-corrected chi connectivity index (χ2v) is 4.44. The maximum Gasteiger partial charge on any atom is 0.259 e. The van der Waals surface area contributed by atoms with Gasteiger partial charge in [-0.2, -0.15) is 0 Å². The van der Waals surface area contributed by atoms with Crippen LogP contribution in [0.15, 0.2) is 48.5 Å². The summed E-state index contributed by atoms with van der Waals surface area (Å²) in [7, 11) is 0. The van der Waals surface area contributed by atoms with Crippen LogP contribution in [0.2, 0.25) is 5.02 Å². The van der Waals surface area contributed by atoms with Gasteiger partial charge in [-0.1, -0.05) is 48.0 Å². The Bertz CT molecular complexity index is 598. The van der Waals surface area contributed by atoms with Gasteiger partial charge in [-0.05, 0) is 17.7 Å². The van der Waals surface area contributed by atoms with Gasteiger partial charge < -0.3 is 10.8 Å². The van der Waals surface area contributed by atoms with E-state index in [9.17, 15) is 14.3 Å². The molecule has 3 N–H and O–H groups in total. The van der Waals surface area contributed by atoms with Crippen molar-refractivity contribution in [3.8, 4) is 0 Å². The number of rotatable bonds is 3. The SMILES string of the molecule is NC(=O)C(O)(c1ccccc1)c1c(F)cccc1Cl. The molecular formula is C14H11ClFNO2. The van der Waals surface area contributed by atoms with Gasteiger partial charge in [-0.15, -0.1) is 0 Å². The van der Waals surface area contributed by atoms with Gasteiger partial charge in [0, 0.05) is 0 Å². The van der Waals surface area contributed by atoms with Gasteiger partial charge in [0.2, 0.25) is 0 Å². The molecule has 1 atom stereocenters. The molecule has 19 heavy (non-hydrogen) atoms. The third-order valence-corrected chi connectivity index (χ3v) is 3.19. The van der Waals surface area contributed by atoms with Crippen LogP contribution >= 0.6 is 11.6 Å². The largest absolute Gasteiger partial charge is 0.372 e. The smallest absolute Gasteiger partial charge is 0.259 e. The molecule has 0 bridgehead atoms. The van der Waals surface area contributed by atoms with Gasteiger partial charge in [-0.25, -0.2) is 4.39 Å². The number of hydrogen-bond donors (Lipinski definition) is 2. The van der Waals surface area contributed by atoms with Crippen molar-refractivity contribution in [3.63, 3.8) is 0 Å². The summed E-state index contributed by atoms with van der Waals surface area (Å²) >= 11 is 5.90. The lowest BCUT2D eigenvalue weighted by Gasteiger charge is -2.26. The minimum absolute atomic E-state index is 0.0647. The first kappa shape index (κ1) is 13.5. The number of nitrogens with two attached hydrogens (primary N) is 1. The van der Waals surface area contributed by atoms with E-state index in [1.807, 2.05) is 0 Å². The highest BCUT2D eigenvalue weighted by Gasteiger charge is 2.42. The van der Waals surface area contributed by atoms with E-state index < -0.39 is 17.3 Å². The summed E-state index contributed by atoms with van der Waals surface area (Å²) in [6, 6.07) is 11.8. The van der Waals surface area contributed by atoms with Crippen LogP contribution in [-0.2, 0) is 10.4 Å². The molecule has 1 unspecified atom stereocenters. The Labute approximate surface area is 114 Å². The second kappa shape index (κ2) is 4.99.